The molecule has 0 aliphatic carbocycles. The maximum absolute atomic E-state index is 10.5. The smallest absolute Gasteiger partial charge is 0.0844 e. The van der Waals surface area contributed by atoms with Crippen LogP contribution in [-0.2, 0) is 0 Å². The Labute approximate surface area is 109 Å². The Bertz CT molecular complexity index is 509. The first kappa shape index (κ1) is 12.8. The molecule has 0 radical (unpaired) electrons. The molecule has 0 amide bonds. The van der Waals surface area contributed by atoms with Crippen LogP contribution in [0.3, 0.4) is 0 Å². The minimum atomic E-state index is -0.464. The summed E-state index contributed by atoms with van der Waals surface area (Å²) in [5.41, 5.74) is 3.10. The van der Waals surface area contributed by atoms with Gasteiger partial charge in [-0.3, -0.25) is 0 Å². The van der Waals surface area contributed by atoms with Gasteiger partial charge in [-0.2, -0.15) is 0 Å². The zero-order valence-electron chi connectivity index (χ0n) is 11.2. The molecule has 1 unspecified atom stereocenters. The average molecular weight is 240 g/mol. The van der Waals surface area contributed by atoms with E-state index in [0.29, 0.717) is 0 Å². The molecule has 2 aromatic carbocycles. The van der Waals surface area contributed by atoms with Crippen LogP contribution < -0.4 is 0 Å². The zero-order chi connectivity index (χ0) is 13.2. The molecule has 1 atom stereocenters. The van der Waals surface area contributed by atoms with Crippen molar-refractivity contribution in [3.63, 3.8) is 0 Å². The second kappa shape index (κ2) is 4.95. The van der Waals surface area contributed by atoms with Crippen molar-refractivity contribution in [2.45, 2.75) is 26.9 Å². The second-order valence-electron chi connectivity index (χ2n) is 5.72. The van der Waals surface area contributed by atoms with Gasteiger partial charge in [-0.1, -0.05) is 75.4 Å². The van der Waals surface area contributed by atoms with Crippen molar-refractivity contribution < 1.29 is 5.11 Å². The summed E-state index contributed by atoms with van der Waals surface area (Å²) in [5, 5.41) is 10.5. The minimum Gasteiger partial charge on any atom is -0.388 e. The molecule has 1 nitrogen and oxygen atoms in total. The highest BCUT2D eigenvalue weighted by Crippen LogP contribution is 2.37. The van der Waals surface area contributed by atoms with Gasteiger partial charge in [0.1, 0.15) is 0 Å². The maximum atomic E-state index is 10.5. The highest BCUT2D eigenvalue weighted by atomic mass is 16.3. The third-order valence-electron chi connectivity index (χ3n) is 3.16. The lowest BCUT2D eigenvalue weighted by Crippen LogP contribution is -2.18. The highest BCUT2D eigenvalue weighted by Gasteiger charge is 2.25. The summed E-state index contributed by atoms with van der Waals surface area (Å²) in [7, 11) is 0. The number of hydrogen-bond acceptors (Lipinski definition) is 1. The summed E-state index contributed by atoms with van der Waals surface area (Å²) in [6.45, 7) is 6.17. The van der Waals surface area contributed by atoms with Crippen molar-refractivity contribution in [2.75, 3.05) is 0 Å². The topological polar surface area (TPSA) is 20.2 Å². The Hall–Kier alpha value is -1.60. The summed E-state index contributed by atoms with van der Waals surface area (Å²) in [6.07, 6.45) is -0.464. The SMILES string of the molecule is CC(C)(C)C(O)c1ccccc1-c1ccccc1. The van der Waals surface area contributed by atoms with E-state index in [2.05, 4.69) is 39.0 Å². The first-order valence-electron chi connectivity index (χ1n) is 6.32. The second-order valence-corrected chi connectivity index (χ2v) is 5.72. The molecule has 0 aromatic heterocycles. The molecule has 0 heterocycles. The standard InChI is InChI=1S/C17H20O/c1-17(2,3)16(18)15-12-8-7-11-14(15)13-9-5-4-6-10-13/h4-12,16,18H,1-3H3. The van der Waals surface area contributed by atoms with Crippen molar-refractivity contribution in [1.82, 2.24) is 0 Å². The highest BCUT2D eigenvalue weighted by molar-refractivity contribution is 5.67. The normalized spacial score (nSPS) is 13.3. The van der Waals surface area contributed by atoms with Gasteiger partial charge >= 0.3 is 0 Å². The van der Waals surface area contributed by atoms with Gasteiger partial charge in [0.2, 0.25) is 0 Å². The molecule has 1 N–H and O–H groups in total. The Morgan fingerprint density at radius 2 is 1.39 bits per heavy atom. The summed E-state index contributed by atoms with van der Waals surface area (Å²) < 4.78 is 0. The monoisotopic (exact) mass is 240 g/mol. The van der Waals surface area contributed by atoms with Gasteiger partial charge in [0, 0.05) is 0 Å². The van der Waals surface area contributed by atoms with E-state index in [4.69, 9.17) is 0 Å². The molecule has 2 rings (SSSR count). The van der Waals surface area contributed by atoms with Crippen molar-refractivity contribution >= 4 is 0 Å². The van der Waals surface area contributed by atoms with Gasteiger partial charge < -0.3 is 5.11 Å². The van der Waals surface area contributed by atoms with Gasteiger partial charge in [-0.15, -0.1) is 0 Å². The largest absolute Gasteiger partial charge is 0.388 e. The third-order valence-corrected chi connectivity index (χ3v) is 3.16. The molecule has 94 valence electrons. The van der Waals surface area contributed by atoms with Crippen LogP contribution in [0.5, 0.6) is 0 Å². The molecule has 0 aliphatic rings. The van der Waals surface area contributed by atoms with Gasteiger partial charge in [-0.05, 0) is 22.1 Å². The average Bonchev–Trinajstić information content (AvgIpc) is 2.38. The Morgan fingerprint density at radius 1 is 0.833 bits per heavy atom. The first-order chi connectivity index (χ1) is 8.50. The van der Waals surface area contributed by atoms with Crippen LogP contribution in [0, 0.1) is 5.41 Å². The molecule has 0 spiro atoms. The summed E-state index contributed by atoms with van der Waals surface area (Å²) in [6, 6.07) is 18.3. The minimum absolute atomic E-state index is 0.162. The van der Waals surface area contributed by atoms with Crippen LogP contribution in [0.25, 0.3) is 11.1 Å². The van der Waals surface area contributed by atoms with E-state index >= 15 is 0 Å². The van der Waals surface area contributed by atoms with E-state index < -0.39 is 6.10 Å². The molecule has 0 bridgehead atoms. The molecular weight excluding hydrogens is 220 g/mol. The van der Waals surface area contributed by atoms with E-state index in [1.165, 1.54) is 0 Å². The molecular formula is C17H20O. The van der Waals surface area contributed by atoms with Gasteiger partial charge in [-0.25, -0.2) is 0 Å². The first-order valence-corrected chi connectivity index (χ1v) is 6.32. The van der Waals surface area contributed by atoms with Crippen molar-refractivity contribution in [3.8, 4) is 11.1 Å². The van der Waals surface area contributed by atoms with Crippen molar-refractivity contribution in [3.05, 3.63) is 60.2 Å². The lowest BCUT2D eigenvalue weighted by molar-refractivity contribution is 0.0631. The number of aliphatic hydroxyl groups excluding tert-OH is 1. The number of hydrogen-bond donors (Lipinski definition) is 1. The van der Waals surface area contributed by atoms with Crippen LogP contribution >= 0.6 is 0 Å². The number of rotatable bonds is 2. The van der Waals surface area contributed by atoms with E-state index in [9.17, 15) is 5.11 Å². The van der Waals surface area contributed by atoms with Crippen molar-refractivity contribution in [2.24, 2.45) is 5.41 Å². The lowest BCUT2D eigenvalue weighted by Gasteiger charge is -2.28. The molecule has 18 heavy (non-hydrogen) atoms. The van der Waals surface area contributed by atoms with E-state index in [0.717, 1.165) is 16.7 Å². The van der Waals surface area contributed by atoms with E-state index in [1.807, 2.05) is 36.4 Å². The fourth-order valence-corrected chi connectivity index (χ4v) is 2.08. The predicted molar refractivity (Wildman–Crippen MR) is 76.3 cm³/mol. The zero-order valence-corrected chi connectivity index (χ0v) is 11.2. The van der Waals surface area contributed by atoms with E-state index in [-0.39, 0.29) is 5.41 Å². The van der Waals surface area contributed by atoms with Crippen molar-refractivity contribution in [1.29, 1.82) is 0 Å². The summed E-state index contributed by atoms with van der Waals surface area (Å²) >= 11 is 0. The van der Waals surface area contributed by atoms with Crippen LogP contribution in [0.2, 0.25) is 0 Å². The molecule has 0 aliphatic heterocycles. The van der Waals surface area contributed by atoms with Crippen LogP contribution in [0.1, 0.15) is 32.4 Å². The quantitative estimate of drug-likeness (QED) is 0.823. The Morgan fingerprint density at radius 3 is 2.00 bits per heavy atom. The van der Waals surface area contributed by atoms with Gasteiger partial charge in [0.25, 0.3) is 0 Å². The lowest BCUT2D eigenvalue weighted by atomic mass is 9.82. The molecule has 0 saturated carbocycles. The molecule has 1 heteroatoms. The molecule has 2 aromatic rings. The fourth-order valence-electron chi connectivity index (χ4n) is 2.08. The summed E-state index contributed by atoms with van der Waals surface area (Å²) in [5.74, 6) is 0. The molecule has 0 fully saturated rings. The molecule has 0 saturated heterocycles. The number of benzene rings is 2. The number of aliphatic hydroxyl groups is 1. The third kappa shape index (κ3) is 2.62. The van der Waals surface area contributed by atoms with E-state index in [1.54, 1.807) is 0 Å². The maximum Gasteiger partial charge on any atom is 0.0844 e. The fraction of sp³-hybridized carbons (Fsp3) is 0.294. The Kier molecular flexibility index (Phi) is 3.53. The van der Waals surface area contributed by atoms with Gasteiger partial charge in [0.05, 0.1) is 6.10 Å². The van der Waals surface area contributed by atoms with Crippen LogP contribution in [-0.4, -0.2) is 5.11 Å². The summed E-state index contributed by atoms with van der Waals surface area (Å²) in [4.78, 5) is 0. The van der Waals surface area contributed by atoms with Crippen LogP contribution in [0.4, 0.5) is 0 Å². The van der Waals surface area contributed by atoms with Gasteiger partial charge in [0.15, 0.2) is 0 Å². The predicted octanol–water partition coefficient (Wildman–Crippen LogP) is 4.43. The Balaban J connectivity index is 2.51. The van der Waals surface area contributed by atoms with Crippen LogP contribution in [0.15, 0.2) is 54.6 Å².